The van der Waals surface area contributed by atoms with Crippen LogP contribution >= 0.6 is 0 Å². The lowest BCUT2D eigenvalue weighted by molar-refractivity contribution is -0.156. The molecule has 0 spiro atoms. The van der Waals surface area contributed by atoms with Gasteiger partial charge in [-0.3, -0.25) is 14.5 Å². The Balaban J connectivity index is 0.00000192. The highest BCUT2D eigenvalue weighted by Crippen LogP contribution is 2.25. The molecule has 37 heavy (non-hydrogen) atoms. The molecule has 1 amide bonds. The van der Waals surface area contributed by atoms with Crippen molar-refractivity contribution in [2.75, 3.05) is 26.3 Å². The van der Waals surface area contributed by atoms with Crippen molar-refractivity contribution >= 4 is 17.7 Å². The van der Waals surface area contributed by atoms with E-state index in [0.29, 0.717) is 26.1 Å². The van der Waals surface area contributed by atoms with Gasteiger partial charge in [0.25, 0.3) is 0 Å². The number of aliphatic hydroxyl groups excluding tert-OH is 1. The summed E-state index contributed by atoms with van der Waals surface area (Å²) in [6.07, 6.45) is 16.7. The molecule has 2 atom stereocenters. The number of rotatable bonds is 20. The van der Waals surface area contributed by atoms with Crippen molar-refractivity contribution in [1.82, 2.24) is 4.90 Å². The second-order valence-electron chi connectivity index (χ2n) is 10.9. The van der Waals surface area contributed by atoms with Gasteiger partial charge in [0.05, 0.1) is 13.2 Å². The van der Waals surface area contributed by atoms with Crippen molar-refractivity contribution in [3.05, 3.63) is 0 Å². The molecule has 0 aromatic rings. The molecule has 0 aromatic heterocycles. The van der Waals surface area contributed by atoms with Crippen LogP contribution in [0.15, 0.2) is 0 Å². The van der Waals surface area contributed by atoms with Crippen molar-refractivity contribution in [2.24, 2.45) is 11.7 Å². The molecular weight excluding hydrogens is 472 g/mol. The first-order chi connectivity index (χ1) is 17.6. The molecule has 1 heterocycles. The van der Waals surface area contributed by atoms with Crippen molar-refractivity contribution in [1.29, 1.82) is 0 Å². The first-order valence-corrected chi connectivity index (χ1v) is 14.7. The average Bonchev–Trinajstić information content (AvgIpc) is 2.84. The highest BCUT2D eigenvalue weighted by Gasteiger charge is 2.50. The van der Waals surface area contributed by atoms with Crippen LogP contribution in [0, 0.1) is 5.92 Å². The van der Waals surface area contributed by atoms with Gasteiger partial charge < -0.3 is 20.7 Å². The number of hydrogen-bond acceptors (Lipinski definition) is 6. The van der Waals surface area contributed by atoms with Crippen LogP contribution < -0.4 is 5.73 Å². The van der Waals surface area contributed by atoms with Crippen LogP contribution in [0.25, 0.3) is 0 Å². The highest BCUT2D eigenvalue weighted by molar-refractivity contribution is 6.10. The minimum absolute atomic E-state index is 0.0541. The topological polar surface area (TPSA) is 130 Å². The molecule has 0 radical (unpaired) electrons. The predicted octanol–water partition coefficient (Wildman–Crippen LogP) is 5.09. The van der Waals surface area contributed by atoms with E-state index in [-0.39, 0.29) is 12.4 Å². The zero-order valence-corrected chi connectivity index (χ0v) is 24.1. The van der Waals surface area contributed by atoms with E-state index < -0.39 is 23.5 Å². The number of carboxylic acids is 1. The number of ether oxygens (including phenoxy) is 1. The first kappa shape index (κ1) is 35.5. The number of nitrogens with two attached hydrogens (primary N) is 1. The van der Waals surface area contributed by atoms with Crippen LogP contribution in [-0.4, -0.2) is 70.7 Å². The molecule has 218 valence electrons. The van der Waals surface area contributed by atoms with Gasteiger partial charge in [0.15, 0.2) is 11.3 Å². The lowest BCUT2D eigenvalue weighted by Gasteiger charge is -2.43. The predicted molar refractivity (Wildman–Crippen MR) is 148 cm³/mol. The lowest BCUT2D eigenvalue weighted by Crippen LogP contribution is -2.68. The Morgan fingerprint density at radius 2 is 1.35 bits per heavy atom. The van der Waals surface area contributed by atoms with E-state index in [0.717, 1.165) is 25.2 Å². The molecule has 0 saturated carbocycles. The van der Waals surface area contributed by atoms with E-state index in [9.17, 15) is 14.4 Å². The zero-order valence-electron chi connectivity index (χ0n) is 24.1. The fraction of sp³-hybridized carbons (Fsp3) is 0.897. The zero-order chi connectivity index (χ0) is 28.1. The van der Waals surface area contributed by atoms with Gasteiger partial charge in [-0.1, -0.05) is 97.8 Å². The molecule has 1 saturated heterocycles. The Morgan fingerprint density at radius 3 is 1.76 bits per heavy atom. The number of morpholine rings is 1. The highest BCUT2D eigenvalue weighted by atomic mass is 16.5. The largest absolute Gasteiger partial charge is 0.479 e. The van der Waals surface area contributed by atoms with Crippen molar-refractivity contribution < 1.29 is 29.3 Å². The molecule has 0 aliphatic carbocycles. The smallest absolute Gasteiger partial charge is 0.332 e. The number of unbranched alkanes of at least 4 members (excludes halogenated alkanes) is 11. The monoisotopic (exact) mass is 528 g/mol. The Morgan fingerprint density at radius 1 is 0.892 bits per heavy atom. The van der Waals surface area contributed by atoms with Crippen LogP contribution in [0.4, 0.5) is 0 Å². The summed E-state index contributed by atoms with van der Waals surface area (Å²) in [4.78, 5) is 36.6. The third kappa shape index (κ3) is 15.5. The Labute approximate surface area is 225 Å². The summed E-state index contributed by atoms with van der Waals surface area (Å²) in [5.74, 6) is -0.943. The number of Topliss-reactive ketones (excluding diaryl/α,β-unsaturated/α-hetero) is 1. The number of amides is 1. The minimum Gasteiger partial charge on any atom is -0.479 e. The van der Waals surface area contributed by atoms with Gasteiger partial charge in [-0.15, -0.1) is 0 Å². The lowest BCUT2D eigenvalue weighted by atomic mass is 9.87. The summed E-state index contributed by atoms with van der Waals surface area (Å²) in [6, 6.07) is 0. The molecule has 1 rings (SSSR count). The van der Waals surface area contributed by atoms with E-state index in [1.54, 1.807) is 0 Å². The number of carbonyl (C=O) groups is 3. The number of aliphatic carboxylic acids is 1. The van der Waals surface area contributed by atoms with E-state index in [4.69, 9.17) is 20.7 Å². The molecule has 0 bridgehead atoms. The summed E-state index contributed by atoms with van der Waals surface area (Å²) >= 11 is 0. The normalized spacial score (nSPS) is 18.8. The summed E-state index contributed by atoms with van der Waals surface area (Å²) < 4.78 is 5.51. The van der Waals surface area contributed by atoms with Crippen molar-refractivity contribution in [2.45, 2.75) is 136 Å². The number of carboxylic acid groups (broad SMARTS) is 1. The van der Waals surface area contributed by atoms with Gasteiger partial charge in [-0.2, -0.15) is 0 Å². The fourth-order valence-electron chi connectivity index (χ4n) is 4.68. The Kier molecular flexibility index (Phi) is 20.6. The molecule has 4 N–H and O–H groups in total. The third-order valence-electron chi connectivity index (χ3n) is 7.01. The summed E-state index contributed by atoms with van der Waals surface area (Å²) in [6.45, 7) is 9.84. The van der Waals surface area contributed by atoms with Gasteiger partial charge in [0.2, 0.25) is 5.91 Å². The number of ketones is 1. The minimum atomic E-state index is -1.25. The second kappa shape index (κ2) is 21.4. The van der Waals surface area contributed by atoms with E-state index >= 15 is 0 Å². The van der Waals surface area contributed by atoms with Crippen molar-refractivity contribution in [3.63, 3.8) is 0 Å². The average molecular weight is 529 g/mol. The van der Waals surface area contributed by atoms with Gasteiger partial charge in [-0.05, 0) is 32.2 Å². The molecule has 1 aliphatic heterocycles. The SMILES string of the molecule is CC(O)C(=O)O.CCCN1CCOCC1(C(N)=O)C(=O)CCCCCCCCCCCCCCC(C)C. The Hall–Kier alpha value is -1.51. The maximum atomic E-state index is 13.0. The van der Waals surface area contributed by atoms with E-state index in [1.165, 1.54) is 77.6 Å². The number of aliphatic hydroxyl groups is 1. The third-order valence-corrected chi connectivity index (χ3v) is 7.01. The summed E-state index contributed by atoms with van der Waals surface area (Å²) in [7, 11) is 0. The van der Waals surface area contributed by atoms with Crippen LogP contribution in [-0.2, 0) is 19.1 Å². The molecule has 8 nitrogen and oxygen atoms in total. The maximum absolute atomic E-state index is 13.0. The molecule has 1 fully saturated rings. The van der Waals surface area contributed by atoms with Crippen LogP contribution in [0.2, 0.25) is 0 Å². The van der Waals surface area contributed by atoms with Crippen LogP contribution in [0.3, 0.4) is 0 Å². The second-order valence-corrected chi connectivity index (χ2v) is 10.9. The molecule has 0 aromatic carbocycles. The van der Waals surface area contributed by atoms with Gasteiger partial charge >= 0.3 is 5.97 Å². The van der Waals surface area contributed by atoms with E-state index in [1.807, 2.05) is 4.90 Å². The fourth-order valence-corrected chi connectivity index (χ4v) is 4.68. The first-order valence-electron chi connectivity index (χ1n) is 14.7. The number of carbonyl (C=O) groups excluding carboxylic acids is 2. The molecule has 1 aliphatic rings. The summed E-state index contributed by atoms with van der Waals surface area (Å²) in [5, 5.41) is 15.8. The van der Waals surface area contributed by atoms with E-state index in [2.05, 4.69) is 20.8 Å². The number of hydrogen-bond donors (Lipinski definition) is 3. The quantitative estimate of drug-likeness (QED) is 0.148. The molecule has 8 heteroatoms. The molecular formula is C29H56N2O6. The molecule has 2 unspecified atom stereocenters. The van der Waals surface area contributed by atoms with Gasteiger partial charge in [-0.25, -0.2) is 4.79 Å². The van der Waals surface area contributed by atoms with Crippen molar-refractivity contribution in [3.8, 4) is 0 Å². The standard InChI is InChI=1S/C26H50N2O3.C3H6O3/c1-4-19-28-20-21-31-22-26(28,25(27)30)24(29)18-16-14-12-10-8-6-5-7-9-11-13-15-17-23(2)3;1-2(4)3(5)6/h23H,4-22H2,1-3H3,(H2,27,30);2,4H,1H3,(H,5,6). The number of primary amides is 1. The Bertz CT molecular complexity index is 624. The van der Waals surface area contributed by atoms with Crippen LogP contribution in [0.1, 0.15) is 124 Å². The maximum Gasteiger partial charge on any atom is 0.332 e. The van der Waals surface area contributed by atoms with Crippen LogP contribution in [0.5, 0.6) is 0 Å². The summed E-state index contributed by atoms with van der Waals surface area (Å²) in [5.41, 5.74) is 4.45. The van der Waals surface area contributed by atoms with Gasteiger partial charge in [0.1, 0.15) is 6.10 Å². The number of nitrogens with zero attached hydrogens (tertiary/aromatic N) is 1. The van der Waals surface area contributed by atoms with Gasteiger partial charge in [0, 0.05) is 13.0 Å².